The number of hydrogen-bond acceptors (Lipinski definition) is 3. The third-order valence-electron chi connectivity index (χ3n) is 3.26. The first-order valence-electron chi connectivity index (χ1n) is 7.54. The van der Waals surface area contributed by atoms with Crippen molar-refractivity contribution in [1.29, 1.82) is 0 Å². The summed E-state index contributed by atoms with van der Waals surface area (Å²) in [6, 6.07) is 7.96. The number of ether oxygens (including phenoxy) is 2. The number of rotatable bonds is 10. The van der Waals surface area contributed by atoms with Crippen LogP contribution in [0, 0.1) is 0 Å². The van der Waals surface area contributed by atoms with Gasteiger partial charge in [-0.05, 0) is 30.5 Å². The van der Waals surface area contributed by atoms with Gasteiger partial charge in [0.05, 0.1) is 13.7 Å². The molecule has 0 unspecified atom stereocenters. The van der Waals surface area contributed by atoms with Gasteiger partial charge >= 0.3 is 5.97 Å². The van der Waals surface area contributed by atoms with Crippen molar-refractivity contribution in [1.82, 2.24) is 0 Å². The second-order valence-electron chi connectivity index (χ2n) is 4.99. The van der Waals surface area contributed by atoms with Crippen LogP contribution < -0.4 is 4.74 Å². The van der Waals surface area contributed by atoms with Crippen LogP contribution in [0.25, 0.3) is 0 Å². The van der Waals surface area contributed by atoms with E-state index in [2.05, 4.69) is 11.7 Å². The van der Waals surface area contributed by atoms with Crippen molar-refractivity contribution >= 4 is 5.97 Å². The summed E-state index contributed by atoms with van der Waals surface area (Å²) in [5, 5.41) is 0. The van der Waals surface area contributed by atoms with Gasteiger partial charge < -0.3 is 9.47 Å². The van der Waals surface area contributed by atoms with Crippen molar-refractivity contribution in [3.05, 3.63) is 29.8 Å². The van der Waals surface area contributed by atoms with E-state index in [0.717, 1.165) is 24.3 Å². The highest BCUT2D eigenvalue weighted by atomic mass is 16.5. The van der Waals surface area contributed by atoms with Crippen LogP contribution in [0.2, 0.25) is 0 Å². The molecule has 20 heavy (non-hydrogen) atoms. The van der Waals surface area contributed by atoms with Crippen LogP contribution in [-0.4, -0.2) is 19.7 Å². The Labute approximate surface area is 122 Å². The maximum absolute atomic E-state index is 11.1. The normalized spacial score (nSPS) is 10.3. The smallest absolute Gasteiger partial charge is 0.305 e. The predicted molar refractivity (Wildman–Crippen MR) is 81.0 cm³/mol. The SMILES string of the molecule is CCCCCCCOc1cccc(CCC(=O)OC)c1. The average molecular weight is 278 g/mol. The van der Waals surface area contributed by atoms with Crippen molar-refractivity contribution < 1.29 is 14.3 Å². The van der Waals surface area contributed by atoms with E-state index in [1.54, 1.807) is 0 Å². The molecule has 112 valence electrons. The van der Waals surface area contributed by atoms with Crippen LogP contribution in [0.15, 0.2) is 24.3 Å². The lowest BCUT2D eigenvalue weighted by Crippen LogP contribution is -2.02. The molecule has 0 bridgehead atoms. The minimum Gasteiger partial charge on any atom is -0.494 e. The van der Waals surface area contributed by atoms with Gasteiger partial charge in [0.25, 0.3) is 0 Å². The minimum atomic E-state index is -0.174. The first-order chi connectivity index (χ1) is 9.76. The molecule has 0 aliphatic rings. The maximum Gasteiger partial charge on any atom is 0.305 e. The van der Waals surface area contributed by atoms with E-state index >= 15 is 0 Å². The number of methoxy groups -OCH3 is 1. The Kier molecular flexibility index (Phi) is 8.52. The predicted octanol–water partition coefficient (Wildman–Crippen LogP) is 4.14. The molecule has 0 saturated carbocycles. The summed E-state index contributed by atoms with van der Waals surface area (Å²) >= 11 is 0. The van der Waals surface area contributed by atoms with Crippen LogP contribution in [0.3, 0.4) is 0 Å². The van der Waals surface area contributed by atoms with Crippen LogP contribution in [0.1, 0.15) is 51.0 Å². The molecular weight excluding hydrogens is 252 g/mol. The molecule has 0 heterocycles. The summed E-state index contributed by atoms with van der Waals surface area (Å²) in [7, 11) is 1.42. The number of hydrogen-bond donors (Lipinski definition) is 0. The van der Waals surface area contributed by atoms with E-state index in [9.17, 15) is 4.79 Å². The van der Waals surface area contributed by atoms with Crippen molar-refractivity contribution in [2.24, 2.45) is 0 Å². The number of esters is 1. The first-order valence-corrected chi connectivity index (χ1v) is 7.54. The second-order valence-corrected chi connectivity index (χ2v) is 4.99. The van der Waals surface area contributed by atoms with E-state index in [1.807, 2.05) is 24.3 Å². The average Bonchev–Trinajstić information content (AvgIpc) is 2.48. The van der Waals surface area contributed by atoms with Gasteiger partial charge in [-0.1, -0.05) is 44.7 Å². The highest BCUT2D eigenvalue weighted by molar-refractivity contribution is 5.69. The Morgan fingerprint density at radius 3 is 2.70 bits per heavy atom. The molecule has 0 aromatic heterocycles. The quantitative estimate of drug-likeness (QED) is 0.476. The van der Waals surface area contributed by atoms with Gasteiger partial charge in [-0.15, -0.1) is 0 Å². The zero-order valence-electron chi connectivity index (χ0n) is 12.7. The largest absolute Gasteiger partial charge is 0.494 e. The van der Waals surface area contributed by atoms with E-state index in [0.29, 0.717) is 12.8 Å². The summed E-state index contributed by atoms with van der Waals surface area (Å²) in [4.78, 5) is 11.1. The topological polar surface area (TPSA) is 35.5 Å². The van der Waals surface area contributed by atoms with Crippen molar-refractivity contribution in [2.45, 2.75) is 51.9 Å². The van der Waals surface area contributed by atoms with Gasteiger partial charge in [0.15, 0.2) is 0 Å². The highest BCUT2D eigenvalue weighted by Gasteiger charge is 2.02. The monoisotopic (exact) mass is 278 g/mol. The number of aryl methyl sites for hydroxylation is 1. The lowest BCUT2D eigenvalue weighted by molar-refractivity contribution is -0.140. The zero-order valence-corrected chi connectivity index (χ0v) is 12.7. The molecule has 0 spiro atoms. The van der Waals surface area contributed by atoms with Crippen LogP contribution in [0.4, 0.5) is 0 Å². The first kappa shape index (κ1) is 16.5. The molecular formula is C17H26O3. The Morgan fingerprint density at radius 1 is 1.15 bits per heavy atom. The van der Waals surface area contributed by atoms with Gasteiger partial charge in [-0.2, -0.15) is 0 Å². The number of carbonyl (C=O) groups excluding carboxylic acids is 1. The van der Waals surface area contributed by atoms with E-state index in [-0.39, 0.29) is 5.97 Å². The molecule has 3 heteroatoms. The Bertz CT molecular complexity index is 388. The maximum atomic E-state index is 11.1. The summed E-state index contributed by atoms with van der Waals surface area (Å²) in [5.41, 5.74) is 1.11. The molecule has 0 aliphatic heterocycles. The Hall–Kier alpha value is -1.51. The zero-order chi connectivity index (χ0) is 14.6. The van der Waals surface area contributed by atoms with Crippen LogP contribution >= 0.6 is 0 Å². The highest BCUT2D eigenvalue weighted by Crippen LogP contribution is 2.15. The van der Waals surface area contributed by atoms with Crippen LogP contribution in [-0.2, 0) is 16.0 Å². The number of carbonyl (C=O) groups is 1. The molecule has 0 aliphatic carbocycles. The third-order valence-corrected chi connectivity index (χ3v) is 3.26. The molecule has 1 rings (SSSR count). The molecule has 0 amide bonds. The fourth-order valence-electron chi connectivity index (χ4n) is 2.03. The second kappa shape index (κ2) is 10.3. The lowest BCUT2D eigenvalue weighted by atomic mass is 10.1. The summed E-state index contributed by atoms with van der Waals surface area (Å²) < 4.78 is 10.4. The van der Waals surface area contributed by atoms with E-state index in [1.165, 1.54) is 32.8 Å². The fraction of sp³-hybridized carbons (Fsp3) is 0.588. The van der Waals surface area contributed by atoms with Crippen LogP contribution in [0.5, 0.6) is 5.75 Å². The van der Waals surface area contributed by atoms with Gasteiger partial charge in [0.2, 0.25) is 0 Å². The Balaban J connectivity index is 2.27. The standard InChI is InChI=1S/C17H26O3/c1-3-4-5-6-7-13-20-16-10-8-9-15(14-16)11-12-17(18)19-2/h8-10,14H,3-7,11-13H2,1-2H3. The summed E-state index contributed by atoms with van der Waals surface area (Å²) in [6.45, 7) is 2.99. The third kappa shape index (κ3) is 7.17. The Morgan fingerprint density at radius 2 is 1.95 bits per heavy atom. The number of benzene rings is 1. The van der Waals surface area contributed by atoms with Crippen molar-refractivity contribution in [3.63, 3.8) is 0 Å². The molecule has 0 saturated heterocycles. The molecule has 0 N–H and O–H groups in total. The number of unbranched alkanes of at least 4 members (excludes halogenated alkanes) is 4. The van der Waals surface area contributed by atoms with E-state index in [4.69, 9.17) is 4.74 Å². The molecule has 0 atom stereocenters. The lowest BCUT2D eigenvalue weighted by Gasteiger charge is -2.08. The van der Waals surface area contributed by atoms with Crippen molar-refractivity contribution in [3.8, 4) is 5.75 Å². The van der Waals surface area contributed by atoms with E-state index < -0.39 is 0 Å². The molecule has 0 fully saturated rings. The molecule has 0 radical (unpaired) electrons. The molecule has 1 aromatic carbocycles. The summed E-state index contributed by atoms with van der Waals surface area (Å²) in [6.07, 6.45) is 7.31. The van der Waals surface area contributed by atoms with Gasteiger partial charge in [-0.25, -0.2) is 0 Å². The van der Waals surface area contributed by atoms with Gasteiger partial charge in [0.1, 0.15) is 5.75 Å². The van der Waals surface area contributed by atoms with Gasteiger partial charge in [0, 0.05) is 6.42 Å². The molecule has 3 nitrogen and oxygen atoms in total. The van der Waals surface area contributed by atoms with Crippen molar-refractivity contribution in [2.75, 3.05) is 13.7 Å². The fourth-order valence-corrected chi connectivity index (χ4v) is 2.03. The molecule has 1 aromatic rings. The van der Waals surface area contributed by atoms with Gasteiger partial charge in [-0.3, -0.25) is 4.79 Å². The summed E-state index contributed by atoms with van der Waals surface area (Å²) in [5.74, 6) is 0.718. The minimum absolute atomic E-state index is 0.174.